The van der Waals surface area contributed by atoms with Crippen LogP contribution < -0.4 is 5.56 Å². The number of carbonyl (C=O) groups is 1. The molecular formula is C17H24N4O2S. The SMILES string of the molecule is Cc1c(C(=O)N2CCCC(C)C2)sc2nc(CN(C)C)[nH]c(=O)c12. The molecule has 1 unspecified atom stereocenters. The molecule has 0 saturated carbocycles. The summed E-state index contributed by atoms with van der Waals surface area (Å²) in [6, 6.07) is 0. The van der Waals surface area contributed by atoms with Crippen molar-refractivity contribution in [2.24, 2.45) is 5.92 Å². The molecule has 1 saturated heterocycles. The summed E-state index contributed by atoms with van der Waals surface area (Å²) in [6.45, 7) is 6.18. The van der Waals surface area contributed by atoms with Gasteiger partial charge in [0, 0.05) is 13.1 Å². The normalized spacial score (nSPS) is 18.5. The number of piperidine rings is 1. The third kappa shape index (κ3) is 3.23. The zero-order valence-electron chi connectivity index (χ0n) is 14.7. The molecule has 1 aliphatic rings. The average molecular weight is 348 g/mol. The van der Waals surface area contributed by atoms with E-state index in [1.54, 1.807) is 0 Å². The second-order valence-corrected chi connectivity index (χ2v) is 7.98. The first-order chi connectivity index (χ1) is 11.4. The van der Waals surface area contributed by atoms with Crippen LogP contribution in [0.1, 0.15) is 40.8 Å². The number of likely N-dealkylation sites (tertiary alicyclic amines) is 1. The highest BCUT2D eigenvalue weighted by Gasteiger charge is 2.26. The Balaban J connectivity index is 2.00. The Morgan fingerprint density at radius 2 is 2.21 bits per heavy atom. The number of hydrogen-bond donors (Lipinski definition) is 1. The van der Waals surface area contributed by atoms with Crippen LogP contribution in [0.5, 0.6) is 0 Å². The third-order valence-corrected chi connectivity index (χ3v) is 5.63. The summed E-state index contributed by atoms with van der Waals surface area (Å²) >= 11 is 1.34. The first kappa shape index (κ1) is 17.1. The Morgan fingerprint density at radius 1 is 1.46 bits per heavy atom. The van der Waals surface area contributed by atoms with Gasteiger partial charge in [-0.15, -0.1) is 11.3 Å². The maximum atomic E-state index is 12.9. The van der Waals surface area contributed by atoms with Gasteiger partial charge in [-0.25, -0.2) is 4.98 Å². The minimum absolute atomic E-state index is 0.0376. The zero-order chi connectivity index (χ0) is 17.4. The number of H-pyrrole nitrogens is 1. The summed E-state index contributed by atoms with van der Waals surface area (Å²) in [4.78, 5) is 37.9. The number of aromatic amines is 1. The van der Waals surface area contributed by atoms with Crippen LogP contribution in [0.2, 0.25) is 0 Å². The predicted octanol–water partition coefficient (Wildman–Crippen LogP) is 2.23. The number of rotatable bonds is 3. The second kappa shape index (κ2) is 6.64. The molecule has 130 valence electrons. The Bertz CT molecular complexity index is 824. The van der Waals surface area contributed by atoms with Crippen LogP contribution in [0.15, 0.2) is 4.79 Å². The molecular weight excluding hydrogens is 324 g/mol. The number of carbonyl (C=O) groups excluding carboxylic acids is 1. The Hall–Kier alpha value is -1.73. The summed E-state index contributed by atoms with van der Waals surface area (Å²) in [5, 5.41) is 0.552. The van der Waals surface area contributed by atoms with E-state index in [9.17, 15) is 9.59 Å². The largest absolute Gasteiger partial charge is 0.338 e. The van der Waals surface area contributed by atoms with E-state index in [0.29, 0.717) is 33.4 Å². The van der Waals surface area contributed by atoms with Crippen molar-refractivity contribution < 1.29 is 4.79 Å². The van der Waals surface area contributed by atoms with Crippen molar-refractivity contribution in [3.63, 3.8) is 0 Å². The van der Waals surface area contributed by atoms with E-state index in [4.69, 9.17) is 0 Å². The van der Waals surface area contributed by atoms with E-state index in [-0.39, 0.29) is 11.5 Å². The molecule has 0 radical (unpaired) electrons. The molecule has 1 atom stereocenters. The fourth-order valence-corrected chi connectivity index (χ4v) is 4.45. The van der Waals surface area contributed by atoms with Gasteiger partial charge in [0.05, 0.1) is 16.8 Å². The third-order valence-electron chi connectivity index (χ3n) is 4.45. The maximum absolute atomic E-state index is 12.9. The number of nitrogens with zero attached hydrogens (tertiary/aromatic N) is 3. The molecule has 3 heterocycles. The van der Waals surface area contributed by atoms with Crippen LogP contribution in [0.3, 0.4) is 0 Å². The molecule has 1 N–H and O–H groups in total. The van der Waals surface area contributed by atoms with Crippen molar-refractivity contribution in [3.05, 3.63) is 26.6 Å². The van der Waals surface area contributed by atoms with Gasteiger partial charge in [-0.1, -0.05) is 6.92 Å². The lowest BCUT2D eigenvalue weighted by Crippen LogP contribution is -2.39. The summed E-state index contributed by atoms with van der Waals surface area (Å²) in [7, 11) is 3.85. The van der Waals surface area contributed by atoms with E-state index >= 15 is 0 Å². The number of aromatic nitrogens is 2. The van der Waals surface area contributed by atoms with Crippen molar-refractivity contribution >= 4 is 27.5 Å². The minimum Gasteiger partial charge on any atom is -0.338 e. The van der Waals surface area contributed by atoms with Crippen LogP contribution in [-0.4, -0.2) is 52.9 Å². The van der Waals surface area contributed by atoms with Gasteiger partial charge < -0.3 is 14.8 Å². The Labute approximate surface area is 145 Å². The predicted molar refractivity (Wildman–Crippen MR) is 96.7 cm³/mol. The molecule has 24 heavy (non-hydrogen) atoms. The molecule has 7 heteroatoms. The van der Waals surface area contributed by atoms with Crippen molar-refractivity contribution in [2.75, 3.05) is 27.2 Å². The van der Waals surface area contributed by atoms with Gasteiger partial charge in [0.1, 0.15) is 10.7 Å². The molecule has 1 aliphatic heterocycles. The van der Waals surface area contributed by atoms with Gasteiger partial charge in [0.15, 0.2) is 0 Å². The zero-order valence-corrected chi connectivity index (χ0v) is 15.5. The van der Waals surface area contributed by atoms with E-state index in [2.05, 4.69) is 16.9 Å². The van der Waals surface area contributed by atoms with Crippen molar-refractivity contribution in [1.29, 1.82) is 0 Å². The lowest BCUT2D eigenvalue weighted by Gasteiger charge is -2.30. The highest BCUT2D eigenvalue weighted by molar-refractivity contribution is 7.20. The standard InChI is InChI=1S/C17H24N4O2S/c1-10-6-5-7-21(8-10)17(23)14-11(2)13-15(22)18-12(9-20(3)4)19-16(13)24-14/h10H,5-9H2,1-4H3,(H,18,19,22). The van der Waals surface area contributed by atoms with Gasteiger partial charge in [-0.05, 0) is 45.3 Å². The molecule has 2 aromatic rings. The fraction of sp³-hybridized carbons (Fsp3) is 0.588. The summed E-state index contributed by atoms with van der Waals surface area (Å²) < 4.78 is 0. The summed E-state index contributed by atoms with van der Waals surface area (Å²) in [5.41, 5.74) is 0.597. The van der Waals surface area contributed by atoms with E-state index in [1.165, 1.54) is 17.8 Å². The summed E-state index contributed by atoms with van der Waals surface area (Å²) in [6.07, 6.45) is 2.22. The number of thiophene rings is 1. The van der Waals surface area contributed by atoms with Gasteiger partial charge in [-0.2, -0.15) is 0 Å². The van der Waals surface area contributed by atoms with Crippen molar-refractivity contribution in [3.8, 4) is 0 Å². The molecule has 0 aromatic carbocycles. The number of fused-ring (bicyclic) bond motifs is 1. The molecule has 0 spiro atoms. The van der Waals surface area contributed by atoms with E-state index in [1.807, 2.05) is 30.8 Å². The number of amides is 1. The highest BCUT2D eigenvalue weighted by Crippen LogP contribution is 2.29. The average Bonchev–Trinajstić information content (AvgIpc) is 2.83. The van der Waals surface area contributed by atoms with E-state index < -0.39 is 0 Å². The molecule has 0 aliphatic carbocycles. The van der Waals surface area contributed by atoms with Gasteiger partial charge in [0.25, 0.3) is 11.5 Å². The van der Waals surface area contributed by atoms with Crippen LogP contribution in [-0.2, 0) is 6.54 Å². The van der Waals surface area contributed by atoms with Crippen molar-refractivity contribution in [2.45, 2.75) is 33.2 Å². The second-order valence-electron chi connectivity index (χ2n) is 6.99. The number of nitrogens with one attached hydrogen (secondary N) is 1. The van der Waals surface area contributed by atoms with Crippen LogP contribution in [0.25, 0.3) is 10.2 Å². The van der Waals surface area contributed by atoms with E-state index in [0.717, 1.165) is 25.1 Å². The molecule has 3 rings (SSSR count). The number of hydrogen-bond acceptors (Lipinski definition) is 5. The van der Waals surface area contributed by atoms with Gasteiger partial charge >= 0.3 is 0 Å². The fourth-order valence-electron chi connectivity index (χ4n) is 3.28. The molecule has 6 nitrogen and oxygen atoms in total. The number of aryl methyl sites for hydroxylation is 1. The van der Waals surface area contributed by atoms with Gasteiger partial charge in [0.2, 0.25) is 0 Å². The quantitative estimate of drug-likeness (QED) is 0.923. The smallest absolute Gasteiger partial charge is 0.264 e. The highest BCUT2D eigenvalue weighted by atomic mass is 32.1. The Kier molecular flexibility index (Phi) is 4.73. The van der Waals surface area contributed by atoms with Gasteiger partial charge in [-0.3, -0.25) is 9.59 Å². The molecule has 1 amide bonds. The Morgan fingerprint density at radius 3 is 2.88 bits per heavy atom. The topological polar surface area (TPSA) is 69.3 Å². The lowest BCUT2D eigenvalue weighted by atomic mass is 10.00. The first-order valence-corrected chi connectivity index (χ1v) is 9.14. The van der Waals surface area contributed by atoms with Crippen LogP contribution in [0, 0.1) is 12.8 Å². The summed E-state index contributed by atoms with van der Waals surface area (Å²) in [5.74, 6) is 1.20. The molecule has 1 fully saturated rings. The molecule has 2 aromatic heterocycles. The van der Waals surface area contributed by atoms with Crippen molar-refractivity contribution in [1.82, 2.24) is 19.8 Å². The van der Waals surface area contributed by atoms with Crippen LogP contribution in [0.4, 0.5) is 0 Å². The maximum Gasteiger partial charge on any atom is 0.264 e. The molecule has 0 bridgehead atoms. The van der Waals surface area contributed by atoms with Crippen LogP contribution >= 0.6 is 11.3 Å². The lowest BCUT2D eigenvalue weighted by molar-refractivity contribution is 0.0687. The monoisotopic (exact) mass is 348 g/mol. The first-order valence-electron chi connectivity index (χ1n) is 8.33. The minimum atomic E-state index is -0.156.